The summed E-state index contributed by atoms with van der Waals surface area (Å²) >= 11 is 7.43. The number of rotatable bonds is 6. The van der Waals surface area contributed by atoms with Crippen molar-refractivity contribution in [2.45, 2.75) is 30.7 Å². The van der Waals surface area contributed by atoms with Gasteiger partial charge in [-0.25, -0.2) is 4.98 Å². The third kappa shape index (κ3) is 4.31. The van der Waals surface area contributed by atoms with E-state index in [2.05, 4.69) is 20.4 Å². The van der Waals surface area contributed by atoms with Crippen molar-refractivity contribution in [1.82, 2.24) is 15.1 Å². The number of aromatic nitrogens is 3. The van der Waals surface area contributed by atoms with Crippen LogP contribution in [0.5, 0.6) is 0 Å². The number of halogens is 1. The number of pyridine rings is 1. The van der Waals surface area contributed by atoms with Crippen molar-refractivity contribution in [1.29, 1.82) is 0 Å². The average molecular weight is 401 g/mol. The fourth-order valence-corrected chi connectivity index (χ4v) is 3.42. The Balaban J connectivity index is 1.39. The van der Waals surface area contributed by atoms with Gasteiger partial charge < -0.3 is 9.84 Å². The predicted molar refractivity (Wildman–Crippen MR) is 105 cm³/mol. The van der Waals surface area contributed by atoms with E-state index in [-0.39, 0.29) is 11.7 Å². The zero-order valence-electron chi connectivity index (χ0n) is 14.6. The summed E-state index contributed by atoms with van der Waals surface area (Å²) < 4.78 is 5.35. The summed E-state index contributed by atoms with van der Waals surface area (Å²) in [7, 11) is 0. The lowest BCUT2D eigenvalue weighted by Crippen LogP contribution is -2.15. The van der Waals surface area contributed by atoms with E-state index in [4.69, 9.17) is 16.1 Å². The monoisotopic (exact) mass is 400 g/mol. The summed E-state index contributed by atoms with van der Waals surface area (Å²) in [4.78, 5) is 21.0. The lowest BCUT2D eigenvalue weighted by molar-refractivity contribution is -0.113. The highest BCUT2D eigenvalue weighted by molar-refractivity contribution is 7.99. The van der Waals surface area contributed by atoms with Crippen LogP contribution < -0.4 is 5.32 Å². The molecule has 1 saturated carbocycles. The molecule has 1 aliphatic carbocycles. The van der Waals surface area contributed by atoms with Gasteiger partial charge >= 0.3 is 0 Å². The minimum Gasteiger partial charge on any atom is -0.334 e. The van der Waals surface area contributed by atoms with Gasteiger partial charge in [0.2, 0.25) is 5.91 Å². The van der Waals surface area contributed by atoms with Crippen molar-refractivity contribution in [3.05, 3.63) is 52.9 Å². The fourth-order valence-electron chi connectivity index (χ4n) is 2.55. The van der Waals surface area contributed by atoms with Gasteiger partial charge in [0.1, 0.15) is 0 Å². The minimum atomic E-state index is -0.119. The number of carbonyl (C=O) groups excluding carboxylic acids is 1. The van der Waals surface area contributed by atoms with Gasteiger partial charge in [-0.2, -0.15) is 4.98 Å². The minimum absolute atomic E-state index is 0.119. The number of thioether (sulfide) groups is 1. The maximum Gasteiger partial charge on any atom is 0.258 e. The number of carbonyl (C=O) groups is 1. The maximum absolute atomic E-state index is 12.2. The lowest BCUT2D eigenvalue weighted by atomic mass is 10.2. The highest BCUT2D eigenvalue weighted by Crippen LogP contribution is 2.39. The first-order chi connectivity index (χ1) is 13.1. The van der Waals surface area contributed by atoms with Gasteiger partial charge in [-0.1, -0.05) is 34.6 Å². The van der Waals surface area contributed by atoms with E-state index in [1.54, 1.807) is 12.3 Å². The summed E-state index contributed by atoms with van der Waals surface area (Å²) in [5.41, 5.74) is 2.37. The predicted octanol–water partition coefficient (Wildman–Crippen LogP) is 4.70. The molecule has 1 N–H and O–H groups in total. The molecule has 2 aromatic heterocycles. The molecule has 0 atom stereocenters. The summed E-state index contributed by atoms with van der Waals surface area (Å²) in [6, 6.07) is 9.11. The summed E-state index contributed by atoms with van der Waals surface area (Å²) in [6.45, 7) is 1.87. The van der Waals surface area contributed by atoms with Crippen molar-refractivity contribution in [3.8, 4) is 11.5 Å². The number of nitrogens with one attached hydrogen (secondary N) is 1. The molecule has 8 heteroatoms. The Hall–Kier alpha value is -2.38. The molecule has 0 aliphatic heterocycles. The Morgan fingerprint density at radius 3 is 3.04 bits per heavy atom. The molecule has 0 bridgehead atoms. The molecule has 0 radical (unpaired) electrons. The van der Waals surface area contributed by atoms with Crippen LogP contribution in [0.25, 0.3) is 11.5 Å². The van der Waals surface area contributed by atoms with Crippen LogP contribution in [0.3, 0.4) is 0 Å². The van der Waals surface area contributed by atoms with E-state index in [0.717, 1.165) is 34.8 Å². The van der Waals surface area contributed by atoms with Crippen LogP contribution in [-0.4, -0.2) is 26.8 Å². The first-order valence-corrected chi connectivity index (χ1v) is 9.94. The zero-order valence-corrected chi connectivity index (χ0v) is 16.2. The van der Waals surface area contributed by atoms with E-state index in [1.807, 2.05) is 31.2 Å². The Bertz CT molecular complexity index is 987. The second-order valence-electron chi connectivity index (χ2n) is 6.36. The van der Waals surface area contributed by atoms with Gasteiger partial charge in [-0.05, 0) is 49.6 Å². The normalized spacial score (nSPS) is 13.6. The van der Waals surface area contributed by atoms with Crippen LogP contribution in [0.4, 0.5) is 5.69 Å². The first kappa shape index (κ1) is 18.0. The van der Waals surface area contributed by atoms with Crippen molar-refractivity contribution >= 4 is 35.0 Å². The van der Waals surface area contributed by atoms with Crippen LogP contribution in [-0.2, 0) is 4.79 Å². The van der Waals surface area contributed by atoms with E-state index in [0.29, 0.717) is 22.5 Å². The third-order valence-corrected chi connectivity index (χ3v) is 5.59. The van der Waals surface area contributed by atoms with Crippen molar-refractivity contribution in [3.63, 3.8) is 0 Å². The maximum atomic E-state index is 12.2. The SMILES string of the molecule is Cc1c(Cl)cccc1NC(=O)CSc1cc(-c2nc(C3CC3)no2)ccn1. The average Bonchev–Trinajstić information content (AvgIpc) is 3.41. The number of hydrogen-bond acceptors (Lipinski definition) is 6. The molecular weight excluding hydrogens is 384 g/mol. The molecule has 6 nitrogen and oxygen atoms in total. The molecule has 138 valence electrons. The number of benzene rings is 1. The van der Waals surface area contributed by atoms with Crippen molar-refractivity contribution < 1.29 is 9.32 Å². The molecular formula is C19H17ClN4O2S. The van der Waals surface area contributed by atoms with Crippen molar-refractivity contribution in [2.24, 2.45) is 0 Å². The molecule has 0 unspecified atom stereocenters. The van der Waals surface area contributed by atoms with Gasteiger partial charge in [0.25, 0.3) is 5.89 Å². The Kier molecular flexibility index (Phi) is 5.13. The second kappa shape index (κ2) is 7.70. The smallest absolute Gasteiger partial charge is 0.258 e. The molecule has 0 spiro atoms. The van der Waals surface area contributed by atoms with Gasteiger partial charge in [0.05, 0.1) is 10.8 Å². The first-order valence-electron chi connectivity index (χ1n) is 8.58. The number of amides is 1. The summed E-state index contributed by atoms with van der Waals surface area (Å²) in [5, 5.41) is 8.25. The third-order valence-electron chi connectivity index (χ3n) is 4.26. The second-order valence-corrected chi connectivity index (χ2v) is 7.77. The topological polar surface area (TPSA) is 80.9 Å². The Morgan fingerprint density at radius 2 is 2.22 bits per heavy atom. The summed E-state index contributed by atoms with van der Waals surface area (Å²) in [6.07, 6.45) is 3.92. The summed E-state index contributed by atoms with van der Waals surface area (Å²) in [5.74, 6) is 1.81. The van der Waals surface area contributed by atoms with Crippen LogP contribution >= 0.6 is 23.4 Å². The number of hydrogen-bond donors (Lipinski definition) is 1. The molecule has 0 saturated heterocycles. The Labute approximate surface area is 165 Å². The zero-order chi connectivity index (χ0) is 18.8. The quantitative estimate of drug-likeness (QED) is 0.604. The fraction of sp³-hybridized carbons (Fsp3) is 0.263. The molecule has 27 heavy (non-hydrogen) atoms. The lowest BCUT2D eigenvalue weighted by Gasteiger charge is -2.09. The van der Waals surface area contributed by atoms with Gasteiger partial charge in [-0.15, -0.1) is 0 Å². The van der Waals surface area contributed by atoms with Gasteiger partial charge in [-0.3, -0.25) is 4.79 Å². The molecule has 3 aromatic rings. The van der Waals surface area contributed by atoms with E-state index >= 15 is 0 Å². The van der Waals surface area contributed by atoms with Gasteiger partial charge in [0, 0.05) is 28.4 Å². The number of anilines is 1. The molecule has 1 aliphatic rings. The molecule has 4 rings (SSSR count). The van der Waals surface area contributed by atoms with E-state index in [9.17, 15) is 4.79 Å². The molecule has 1 fully saturated rings. The van der Waals surface area contributed by atoms with E-state index < -0.39 is 0 Å². The molecule has 1 amide bonds. The van der Waals surface area contributed by atoms with Crippen LogP contribution in [0.1, 0.15) is 30.1 Å². The van der Waals surface area contributed by atoms with Crippen LogP contribution in [0.2, 0.25) is 5.02 Å². The molecule has 1 aromatic carbocycles. The van der Waals surface area contributed by atoms with E-state index in [1.165, 1.54) is 11.8 Å². The van der Waals surface area contributed by atoms with Crippen LogP contribution in [0.15, 0.2) is 46.1 Å². The highest BCUT2D eigenvalue weighted by atomic mass is 35.5. The van der Waals surface area contributed by atoms with Crippen molar-refractivity contribution in [2.75, 3.05) is 11.1 Å². The Morgan fingerprint density at radius 1 is 1.37 bits per heavy atom. The number of nitrogens with zero attached hydrogens (tertiary/aromatic N) is 3. The van der Waals surface area contributed by atoms with Crippen LogP contribution in [0, 0.1) is 6.92 Å². The molecule has 2 heterocycles. The highest BCUT2D eigenvalue weighted by Gasteiger charge is 2.29. The largest absolute Gasteiger partial charge is 0.334 e. The standard InChI is InChI=1S/C19H17ClN4O2S/c1-11-14(20)3-2-4-15(11)22-16(25)10-27-17-9-13(7-8-21-17)19-23-18(24-26-19)12-5-6-12/h2-4,7-9,12H,5-6,10H2,1H3,(H,22,25). The van der Waals surface area contributed by atoms with Gasteiger partial charge in [0.15, 0.2) is 5.82 Å².